The predicted molar refractivity (Wildman–Crippen MR) is 117 cm³/mol. The molecule has 3 N–H and O–H groups in total. The van der Waals surface area contributed by atoms with Crippen molar-refractivity contribution in [2.75, 3.05) is 11.9 Å². The third kappa shape index (κ3) is 4.85. The number of nitrogens with zero attached hydrogens (tertiary/aromatic N) is 3. The van der Waals surface area contributed by atoms with E-state index < -0.39 is 0 Å². The van der Waals surface area contributed by atoms with Gasteiger partial charge < -0.3 is 11.1 Å². The number of hydrogen-bond donors (Lipinski definition) is 2. The first kappa shape index (κ1) is 19.7. The summed E-state index contributed by atoms with van der Waals surface area (Å²) in [6.45, 7) is 0.565. The van der Waals surface area contributed by atoms with E-state index in [1.807, 2.05) is 36.4 Å². The molecule has 4 aromatic rings. The molecule has 0 unspecified atom stereocenters. The molecule has 0 aliphatic heterocycles. The fourth-order valence-corrected chi connectivity index (χ4v) is 3.28. The number of nitrogens with one attached hydrogen (secondary N) is 1. The van der Waals surface area contributed by atoms with Crippen molar-refractivity contribution in [3.05, 3.63) is 96.6 Å². The van der Waals surface area contributed by atoms with E-state index in [0.29, 0.717) is 18.1 Å². The average Bonchev–Trinajstić information content (AvgIpc) is 2.79. The average molecular weight is 399 g/mol. The Labute approximate surface area is 174 Å². The number of hydrogen-bond acceptors (Lipinski definition) is 5. The summed E-state index contributed by atoms with van der Waals surface area (Å²) in [7, 11) is 0. The van der Waals surface area contributed by atoms with Gasteiger partial charge in [-0.15, -0.1) is 10.2 Å². The second-order valence-corrected chi connectivity index (χ2v) is 7.07. The number of rotatable bonds is 7. The highest BCUT2D eigenvalue weighted by molar-refractivity contribution is 5.81. The highest BCUT2D eigenvalue weighted by Gasteiger charge is 2.13. The Hall–Kier alpha value is -3.64. The van der Waals surface area contributed by atoms with Gasteiger partial charge in [0.1, 0.15) is 17.3 Å². The van der Waals surface area contributed by atoms with Gasteiger partial charge >= 0.3 is 0 Å². The van der Waals surface area contributed by atoms with Crippen molar-refractivity contribution in [1.29, 1.82) is 0 Å². The Balaban J connectivity index is 1.57. The van der Waals surface area contributed by atoms with Crippen molar-refractivity contribution in [3.63, 3.8) is 0 Å². The van der Waals surface area contributed by atoms with Crippen molar-refractivity contribution in [1.82, 2.24) is 15.2 Å². The maximum absolute atomic E-state index is 13.4. The summed E-state index contributed by atoms with van der Waals surface area (Å²) in [4.78, 5) is 4.09. The first-order valence-corrected chi connectivity index (χ1v) is 9.76. The number of benzene rings is 2. The van der Waals surface area contributed by atoms with E-state index in [1.165, 1.54) is 17.7 Å². The number of anilines is 1. The van der Waals surface area contributed by atoms with Gasteiger partial charge in [-0.1, -0.05) is 30.3 Å². The third-order valence-electron chi connectivity index (χ3n) is 4.79. The number of aromatic nitrogens is 3. The molecule has 0 aliphatic rings. The summed E-state index contributed by atoms with van der Waals surface area (Å²) in [5.74, 6) is 0.346. The van der Waals surface area contributed by atoms with Gasteiger partial charge in [-0.3, -0.25) is 4.98 Å². The highest BCUT2D eigenvalue weighted by atomic mass is 19.1. The van der Waals surface area contributed by atoms with Crippen LogP contribution in [0.3, 0.4) is 0 Å². The van der Waals surface area contributed by atoms with E-state index in [2.05, 4.69) is 32.6 Å². The Kier molecular flexibility index (Phi) is 6.06. The quantitative estimate of drug-likeness (QED) is 0.484. The molecule has 150 valence electrons. The molecule has 2 aromatic heterocycles. The predicted octanol–water partition coefficient (Wildman–Crippen LogP) is 4.33. The molecule has 30 heavy (non-hydrogen) atoms. The van der Waals surface area contributed by atoms with Crippen LogP contribution in [0.25, 0.3) is 22.4 Å². The molecule has 0 radical (unpaired) electrons. The summed E-state index contributed by atoms with van der Waals surface area (Å²) < 4.78 is 13.4. The maximum atomic E-state index is 13.4. The standard InChI is InChI=1S/C24H22FN5/c25-20-8-6-19(7-9-20)24-22(18-10-12-27-13-11-18)15-23(29-30-24)28-16-21(26)14-17-4-2-1-3-5-17/h1-13,15,21H,14,16,26H2,(H,28,29)/t21-/m1/s1. The summed E-state index contributed by atoms with van der Waals surface area (Å²) in [5.41, 5.74) is 10.8. The first-order chi connectivity index (χ1) is 14.7. The number of nitrogens with two attached hydrogens (primary N) is 1. The van der Waals surface area contributed by atoms with Crippen LogP contribution in [0.5, 0.6) is 0 Å². The van der Waals surface area contributed by atoms with E-state index in [0.717, 1.165) is 23.1 Å². The SMILES string of the molecule is N[C@@H](CNc1cc(-c2ccncc2)c(-c2ccc(F)cc2)nn1)Cc1ccccc1. The lowest BCUT2D eigenvalue weighted by molar-refractivity contribution is 0.628. The van der Waals surface area contributed by atoms with Crippen molar-refractivity contribution < 1.29 is 4.39 Å². The van der Waals surface area contributed by atoms with Crippen LogP contribution in [0.1, 0.15) is 5.56 Å². The minimum Gasteiger partial charge on any atom is -0.367 e. The monoisotopic (exact) mass is 399 g/mol. The van der Waals surface area contributed by atoms with Crippen LogP contribution in [0.2, 0.25) is 0 Å². The lowest BCUT2D eigenvalue weighted by atomic mass is 10.0. The molecule has 0 fully saturated rings. The lowest BCUT2D eigenvalue weighted by Crippen LogP contribution is -2.31. The highest BCUT2D eigenvalue weighted by Crippen LogP contribution is 2.31. The van der Waals surface area contributed by atoms with Crippen molar-refractivity contribution in [3.8, 4) is 22.4 Å². The molecule has 5 nitrogen and oxygen atoms in total. The van der Waals surface area contributed by atoms with Gasteiger partial charge in [-0.25, -0.2) is 4.39 Å². The topological polar surface area (TPSA) is 76.7 Å². The molecule has 4 rings (SSSR count). The van der Waals surface area contributed by atoms with Crippen molar-refractivity contribution in [2.24, 2.45) is 5.73 Å². The largest absolute Gasteiger partial charge is 0.367 e. The van der Waals surface area contributed by atoms with Crippen molar-refractivity contribution >= 4 is 5.82 Å². The van der Waals surface area contributed by atoms with E-state index in [9.17, 15) is 4.39 Å². The van der Waals surface area contributed by atoms with Crippen LogP contribution in [0.4, 0.5) is 10.2 Å². The van der Waals surface area contributed by atoms with E-state index in [4.69, 9.17) is 5.73 Å². The molecular formula is C24H22FN5. The van der Waals surface area contributed by atoms with Crippen LogP contribution in [-0.4, -0.2) is 27.8 Å². The Morgan fingerprint density at radius 2 is 1.60 bits per heavy atom. The van der Waals surface area contributed by atoms with E-state index >= 15 is 0 Å². The second-order valence-electron chi connectivity index (χ2n) is 7.07. The molecule has 0 aliphatic carbocycles. The van der Waals surface area contributed by atoms with Gasteiger partial charge in [0, 0.05) is 36.1 Å². The second kappa shape index (κ2) is 9.24. The Bertz CT molecular complexity index is 1090. The van der Waals surface area contributed by atoms with Crippen LogP contribution in [-0.2, 0) is 6.42 Å². The van der Waals surface area contributed by atoms with Gasteiger partial charge in [0.25, 0.3) is 0 Å². The van der Waals surface area contributed by atoms with Gasteiger partial charge in [-0.2, -0.15) is 0 Å². The fraction of sp³-hybridized carbons (Fsp3) is 0.125. The number of pyridine rings is 1. The number of halogens is 1. The van der Waals surface area contributed by atoms with Gasteiger partial charge in [0.15, 0.2) is 0 Å². The zero-order valence-electron chi connectivity index (χ0n) is 16.4. The van der Waals surface area contributed by atoms with Crippen LogP contribution in [0, 0.1) is 5.82 Å². The zero-order valence-corrected chi connectivity index (χ0v) is 16.4. The first-order valence-electron chi connectivity index (χ1n) is 9.76. The molecule has 2 aromatic carbocycles. The van der Waals surface area contributed by atoms with Crippen LogP contribution < -0.4 is 11.1 Å². The molecule has 0 bridgehead atoms. The Morgan fingerprint density at radius 1 is 0.867 bits per heavy atom. The zero-order chi connectivity index (χ0) is 20.8. The van der Waals surface area contributed by atoms with Gasteiger partial charge in [0.05, 0.1) is 0 Å². The third-order valence-corrected chi connectivity index (χ3v) is 4.79. The summed E-state index contributed by atoms with van der Waals surface area (Å²) in [6.07, 6.45) is 4.23. The Morgan fingerprint density at radius 3 is 2.33 bits per heavy atom. The molecule has 6 heteroatoms. The minimum absolute atomic E-state index is 0.0599. The summed E-state index contributed by atoms with van der Waals surface area (Å²) in [5, 5.41) is 12.0. The lowest BCUT2D eigenvalue weighted by Gasteiger charge is -2.15. The normalized spacial score (nSPS) is 11.8. The van der Waals surface area contributed by atoms with Crippen LogP contribution >= 0.6 is 0 Å². The van der Waals surface area contributed by atoms with E-state index in [-0.39, 0.29) is 11.9 Å². The maximum Gasteiger partial charge on any atom is 0.149 e. The molecule has 0 amide bonds. The molecule has 2 heterocycles. The summed E-state index contributed by atoms with van der Waals surface area (Å²) >= 11 is 0. The molecule has 1 atom stereocenters. The molecular weight excluding hydrogens is 377 g/mol. The van der Waals surface area contributed by atoms with Crippen LogP contribution in [0.15, 0.2) is 85.2 Å². The van der Waals surface area contributed by atoms with E-state index in [1.54, 1.807) is 24.5 Å². The molecule has 0 saturated carbocycles. The molecule has 0 spiro atoms. The molecule has 0 saturated heterocycles. The van der Waals surface area contributed by atoms with Gasteiger partial charge in [0.2, 0.25) is 0 Å². The van der Waals surface area contributed by atoms with Gasteiger partial charge in [-0.05, 0) is 60.0 Å². The summed E-state index contributed by atoms with van der Waals surface area (Å²) in [6, 6.07) is 22.1. The van der Waals surface area contributed by atoms with Crippen molar-refractivity contribution in [2.45, 2.75) is 12.5 Å². The minimum atomic E-state index is -0.289. The fourth-order valence-electron chi connectivity index (χ4n) is 3.28. The smallest absolute Gasteiger partial charge is 0.149 e.